The minimum Gasteiger partial charge on any atom is -0.323 e. The Morgan fingerprint density at radius 3 is 2.52 bits per heavy atom. The smallest absolute Gasteiger partial charge is 0.323 e. The molecule has 0 atom stereocenters. The summed E-state index contributed by atoms with van der Waals surface area (Å²) >= 11 is 13.6. The Bertz CT molecular complexity index is 641. The molecule has 0 aliphatic rings. The topological polar surface area (TPSA) is 38.1 Å². The number of nitrogens with zero attached hydrogens (tertiary/aromatic N) is 3. The second-order valence-electron chi connectivity index (χ2n) is 4.21. The highest BCUT2D eigenvalue weighted by Gasteiger charge is 2.17. The van der Waals surface area contributed by atoms with E-state index < -0.39 is 0 Å². The van der Waals surface area contributed by atoms with Gasteiger partial charge in [-0.25, -0.2) is 4.79 Å². The summed E-state index contributed by atoms with van der Waals surface area (Å²) in [5.41, 5.74) is 0. The molecule has 0 fully saturated rings. The fraction of sp³-hybridized carbons (Fsp3) is 0.286. The van der Waals surface area contributed by atoms with Gasteiger partial charge in [0.05, 0.1) is 16.2 Å². The number of carbonyl (C=O) groups is 1. The lowest BCUT2D eigenvalue weighted by atomic mass is 10.4. The maximum Gasteiger partial charge on any atom is 0.344 e. The van der Waals surface area contributed by atoms with E-state index in [2.05, 4.69) is 5.10 Å². The van der Waals surface area contributed by atoms with E-state index in [1.54, 1.807) is 11.0 Å². The molecule has 0 saturated heterocycles. The molecule has 0 spiro atoms. The van der Waals surface area contributed by atoms with Crippen LogP contribution in [0.4, 0.5) is 4.79 Å². The zero-order valence-corrected chi connectivity index (χ0v) is 14.0. The SMILES string of the molecule is CCN(CC)C(=O)n1cc(Cl)c(Sc2ccccc2Cl)n1. The van der Waals surface area contributed by atoms with E-state index in [-0.39, 0.29) is 6.03 Å². The van der Waals surface area contributed by atoms with Crippen LogP contribution in [0, 0.1) is 0 Å². The molecule has 4 nitrogen and oxygen atoms in total. The maximum absolute atomic E-state index is 12.2. The van der Waals surface area contributed by atoms with Gasteiger partial charge in [-0.1, -0.05) is 47.1 Å². The van der Waals surface area contributed by atoms with E-state index in [9.17, 15) is 4.79 Å². The molecule has 0 saturated carbocycles. The molecule has 2 aromatic rings. The number of amides is 1. The number of halogens is 2. The van der Waals surface area contributed by atoms with Crippen molar-refractivity contribution < 1.29 is 4.79 Å². The van der Waals surface area contributed by atoms with Crippen molar-refractivity contribution in [2.75, 3.05) is 13.1 Å². The summed E-state index contributed by atoms with van der Waals surface area (Å²) in [6.07, 6.45) is 1.53. The number of aromatic nitrogens is 2. The summed E-state index contributed by atoms with van der Waals surface area (Å²) in [4.78, 5) is 14.7. The first-order chi connectivity index (χ1) is 10.1. The molecule has 0 aliphatic heterocycles. The van der Waals surface area contributed by atoms with Gasteiger partial charge < -0.3 is 4.90 Å². The molecule has 0 radical (unpaired) electrons. The summed E-state index contributed by atoms with van der Waals surface area (Å²) in [6, 6.07) is 7.24. The lowest BCUT2D eigenvalue weighted by molar-refractivity contribution is 0.201. The standard InChI is InChI=1S/C14H15Cl2N3OS/c1-3-18(4-2)14(20)19-9-11(16)13(17-19)21-12-8-6-5-7-10(12)15/h5-9H,3-4H2,1-2H3. The van der Waals surface area contributed by atoms with Gasteiger partial charge in [0.1, 0.15) is 5.03 Å². The Morgan fingerprint density at radius 1 is 1.24 bits per heavy atom. The van der Waals surface area contributed by atoms with E-state index in [1.807, 2.05) is 32.0 Å². The van der Waals surface area contributed by atoms with Crippen LogP contribution < -0.4 is 0 Å². The molecular weight excluding hydrogens is 329 g/mol. The van der Waals surface area contributed by atoms with Crippen LogP contribution in [0.5, 0.6) is 0 Å². The predicted molar refractivity (Wildman–Crippen MR) is 86.5 cm³/mol. The van der Waals surface area contributed by atoms with E-state index in [0.717, 1.165) is 4.90 Å². The Morgan fingerprint density at radius 2 is 1.90 bits per heavy atom. The van der Waals surface area contributed by atoms with Crippen LogP contribution in [0.25, 0.3) is 0 Å². The van der Waals surface area contributed by atoms with E-state index >= 15 is 0 Å². The molecule has 0 N–H and O–H groups in total. The van der Waals surface area contributed by atoms with Gasteiger partial charge in [-0.05, 0) is 26.0 Å². The highest BCUT2D eigenvalue weighted by molar-refractivity contribution is 7.99. The Kier molecular flexibility index (Phi) is 5.56. The molecule has 21 heavy (non-hydrogen) atoms. The van der Waals surface area contributed by atoms with Crippen molar-refractivity contribution in [3.8, 4) is 0 Å². The van der Waals surface area contributed by atoms with Crippen LogP contribution >= 0.6 is 35.0 Å². The van der Waals surface area contributed by atoms with Crippen molar-refractivity contribution in [3.05, 3.63) is 40.5 Å². The Labute approximate surface area is 138 Å². The molecule has 0 aliphatic carbocycles. The second-order valence-corrected chi connectivity index (χ2v) is 6.06. The molecule has 7 heteroatoms. The average molecular weight is 344 g/mol. The summed E-state index contributed by atoms with van der Waals surface area (Å²) in [6.45, 7) is 5.09. The number of hydrogen-bond donors (Lipinski definition) is 0. The molecular formula is C14H15Cl2N3OS. The highest BCUT2D eigenvalue weighted by atomic mass is 35.5. The normalized spacial score (nSPS) is 10.7. The van der Waals surface area contributed by atoms with Gasteiger partial charge in [0.2, 0.25) is 0 Å². The van der Waals surface area contributed by atoms with Crippen LogP contribution in [0.2, 0.25) is 10.0 Å². The summed E-state index contributed by atoms with van der Waals surface area (Å²) < 4.78 is 1.27. The fourth-order valence-corrected chi connectivity index (χ4v) is 3.07. The maximum atomic E-state index is 12.2. The van der Waals surface area contributed by atoms with Crippen LogP contribution in [0.1, 0.15) is 13.8 Å². The summed E-state index contributed by atoms with van der Waals surface area (Å²) in [5, 5.41) is 5.88. The quantitative estimate of drug-likeness (QED) is 0.810. The summed E-state index contributed by atoms with van der Waals surface area (Å²) in [7, 11) is 0. The van der Waals surface area contributed by atoms with Crippen molar-refractivity contribution in [1.82, 2.24) is 14.7 Å². The first kappa shape index (κ1) is 16.2. The monoisotopic (exact) mass is 343 g/mol. The predicted octanol–water partition coefficient (Wildman–Crippen LogP) is 4.65. The third-order valence-corrected chi connectivity index (χ3v) is 4.81. The van der Waals surface area contributed by atoms with Crippen LogP contribution in [-0.2, 0) is 0 Å². The molecule has 2 rings (SSSR count). The lowest BCUT2D eigenvalue weighted by Crippen LogP contribution is -2.34. The highest BCUT2D eigenvalue weighted by Crippen LogP contribution is 2.35. The van der Waals surface area contributed by atoms with Crippen LogP contribution in [0.3, 0.4) is 0 Å². The second kappa shape index (κ2) is 7.20. The molecule has 1 aromatic carbocycles. The third kappa shape index (κ3) is 3.73. The molecule has 112 valence electrons. The largest absolute Gasteiger partial charge is 0.344 e. The number of hydrogen-bond acceptors (Lipinski definition) is 3. The van der Waals surface area contributed by atoms with Crippen LogP contribution in [0.15, 0.2) is 40.4 Å². The minimum atomic E-state index is -0.187. The van der Waals surface area contributed by atoms with E-state index in [4.69, 9.17) is 23.2 Å². The zero-order valence-electron chi connectivity index (χ0n) is 11.7. The van der Waals surface area contributed by atoms with Gasteiger partial charge in [-0.15, -0.1) is 0 Å². The third-order valence-electron chi connectivity index (χ3n) is 2.91. The van der Waals surface area contributed by atoms with E-state index in [1.165, 1.54) is 22.6 Å². The van der Waals surface area contributed by atoms with Crippen LogP contribution in [-0.4, -0.2) is 33.8 Å². The minimum absolute atomic E-state index is 0.187. The Hall–Kier alpha value is -1.17. The lowest BCUT2D eigenvalue weighted by Gasteiger charge is -2.17. The summed E-state index contributed by atoms with van der Waals surface area (Å²) in [5.74, 6) is 0. The van der Waals surface area contributed by atoms with Crippen molar-refractivity contribution in [2.45, 2.75) is 23.8 Å². The first-order valence-corrected chi connectivity index (χ1v) is 8.10. The number of rotatable bonds is 4. The average Bonchev–Trinajstić information content (AvgIpc) is 2.84. The van der Waals surface area contributed by atoms with Gasteiger partial charge in [0.25, 0.3) is 0 Å². The number of benzene rings is 1. The van der Waals surface area contributed by atoms with Crippen molar-refractivity contribution in [3.63, 3.8) is 0 Å². The number of carbonyl (C=O) groups excluding carboxylic acids is 1. The zero-order chi connectivity index (χ0) is 15.4. The first-order valence-electron chi connectivity index (χ1n) is 6.53. The van der Waals surface area contributed by atoms with Gasteiger partial charge in [-0.2, -0.15) is 9.78 Å². The molecule has 1 aromatic heterocycles. The van der Waals surface area contributed by atoms with Crippen molar-refractivity contribution in [2.24, 2.45) is 0 Å². The molecule has 1 amide bonds. The fourth-order valence-electron chi connectivity index (χ4n) is 1.77. The van der Waals surface area contributed by atoms with Gasteiger partial charge in [-0.3, -0.25) is 0 Å². The Balaban J connectivity index is 2.24. The molecule has 0 bridgehead atoms. The van der Waals surface area contributed by atoms with E-state index in [0.29, 0.717) is 28.2 Å². The van der Waals surface area contributed by atoms with Crippen molar-refractivity contribution in [1.29, 1.82) is 0 Å². The molecule has 0 unspecified atom stereocenters. The van der Waals surface area contributed by atoms with Crippen molar-refractivity contribution >= 4 is 41.0 Å². The molecule has 1 heterocycles. The van der Waals surface area contributed by atoms with Gasteiger partial charge in [0, 0.05) is 18.0 Å². The van der Waals surface area contributed by atoms with Gasteiger partial charge in [0.15, 0.2) is 0 Å². The van der Waals surface area contributed by atoms with Gasteiger partial charge >= 0.3 is 6.03 Å².